The van der Waals surface area contributed by atoms with Crippen molar-refractivity contribution in [1.82, 2.24) is 9.88 Å². The molecule has 0 radical (unpaired) electrons. The molecule has 98 valence electrons. The van der Waals surface area contributed by atoms with Gasteiger partial charge in [0.2, 0.25) is 0 Å². The van der Waals surface area contributed by atoms with Crippen LogP contribution in [0.25, 0.3) is 0 Å². The number of nitrogens with zero attached hydrogens (tertiary/aromatic N) is 1. The van der Waals surface area contributed by atoms with Crippen LogP contribution in [0.15, 0.2) is 47.1 Å². The maximum Gasteiger partial charge on any atom is 0.268 e. The van der Waals surface area contributed by atoms with E-state index in [1.165, 1.54) is 12.8 Å². The topological polar surface area (TPSA) is 34.0 Å². The SMILES string of the molecule is O=C(NCc1ccc(Br)cc1)c1cccn1C1CC1. The van der Waals surface area contributed by atoms with Crippen LogP contribution >= 0.6 is 15.9 Å². The van der Waals surface area contributed by atoms with Gasteiger partial charge >= 0.3 is 0 Å². The van der Waals surface area contributed by atoms with E-state index in [0.29, 0.717) is 12.6 Å². The zero-order valence-corrected chi connectivity index (χ0v) is 12.1. The van der Waals surface area contributed by atoms with Gasteiger partial charge < -0.3 is 9.88 Å². The highest BCUT2D eigenvalue weighted by Crippen LogP contribution is 2.35. The third-order valence-corrected chi connectivity index (χ3v) is 3.85. The van der Waals surface area contributed by atoms with Gasteiger partial charge in [-0.15, -0.1) is 0 Å². The molecule has 19 heavy (non-hydrogen) atoms. The molecule has 1 aliphatic rings. The van der Waals surface area contributed by atoms with E-state index in [2.05, 4.69) is 25.8 Å². The molecule has 0 aliphatic heterocycles. The number of hydrogen-bond acceptors (Lipinski definition) is 1. The molecule has 3 nitrogen and oxygen atoms in total. The maximum atomic E-state index is 12.2. The van der Waals surface area contributed by atoms with Crippen molar-refractivity contribution in [3.05, 3.63) is 58.3 Å². The lowest BCUT2D eigenvalue weighted by molar-refractivity contribution is 0.0941. The summed E-state index contributed by atoms with van der Waals surface area (Å²) in [6.07, 6.45) is 4.36. The molecule has 1 N–H and O–H groups in total. The van der Waals surface area contributed by atoms with Gasteiger partial charge in [0.25, 0.3) is 5.91 Å². The average molecular weight is 319 g/mol. The standard InChI is InChI=1S/C15H15BrN2O/c16-12-5-3-11(4-6-12)10-17-15(19)14-2-1-9-18(14)13-7-8-13/h1-6,9,13H,7-8,10H2,(H,17,19). The van der Waals surface area contributed by atoms with Crippen molar-refractivity contribution in [2.45, 2.75) is 25.4 Å². The highest BCUT2D eigenvalue weighted by atomic mass is 79.9. The van der Waals surface area contributed by atoms with Gasteiger partial charge in [-0.2, -0.15) is 0 Å². The molecule has 1 aromatic carbocycles. The van der Waals surface area contributed by atoms with Crippen LogP contribution in [-0.4, -0.2) is 10.5 Å². The number of halogens is 1. The number of carbonyl (C=O) groups excluding carboxylic acids is 1. The molecule has 0 spiro atoms. The minimum Gasteiger partial charge on any atom is -0.347 e. The molecule has 4 heteroatoms. The van der Waals surface area contributed by atoms with E-state index in [-0.39, 0.29) is 5.91 Å². The second kappa shape index (κ2) is 5.21. The second-order valence-corrected chi connectivity index (χ2v) is 5.76. The van der Waals surface area contributed by atoms with Crippen LogP contribution in [0, 0.1) is 0 Å². The largest absolute Gasteiger partial charge is 0.347 e. The smallest absolute Gasteiger partial charge is 0.268 e. The summed E-state index contributed by atoms with van der Waals surface area (Å²) in [7, 11) is 0. The monoisotopic (exact) mass is 318 g/mol. The minimum atomic E-state index is -0.000168. The predicted octanol–water partition coefficient (Wildman–Crippen LogP) is 3.52. The Labute approximate surface area is 120 Å². The molecule has 0 atom stereocenters. The van der Waals surface area contributed by atoms with Crippen LogP contribution in [0.3, 0.4) is 0 Å². The second-order valence-electron chi connectivity index (χ2n) is 4.84. The third kappa shape index (κ3) is 2.89. The lowest BCUT2D eigenvalue weighted by Crippen LogP contribution is -2.25. The Balaban J connectivity index is 1.64. The van der Waals surface area contributed by atoms with E-state index in [0.717, 1.165) is 15.7 Å². The van der Waals surface area contributed by atoms with E-state index in [1.54, 1.807) is 0 Å². The van der Waals surface area contributed by atoms with Gasteiger partial charge in [0.15, 0.2) is 0 Å². The number of carbonyl (C=O) groups is 1. The summed E-state index contributed by atoms with van der Waals surface area (Å²) >= 11 is 3.40. The zero-order chi connectivity index (χ0) is 13.2. The lowest BCUT2D eigenvalue weighted by Gasteiger charge is -2.09. The van der Waals surface area contributed by atoms with Crippen molar-refractivity contribution in [3.8, 4) is 0 Å². The fourth-order valence-electron chi connectivity index (χ4n) is 2.13. The fourth-order valence-corrected chi connectivity index (χ4v) is 2.40. The van der Waals surface area contributed by atoms with Gasteiger partial charge in [0, 0.05) is 23.3 Å². The number of amides is 1. The Morgan fingerprint density at radius 3 is 2.68 bits per heavy atom. The molecule has 1 aliphatic carbocycles. The van der Waals surface area contributed by atoms with E-state index in [1.807, 2.05) is 42.6 Å². The first kappa shape index (κ1) is 12.5. The summed E-state index contributed by atoms with van der Waals surface area (Å²) in [6.45, 7) is 0.557. The Bertz CT molecular complexity index is 584. The Hall–Kier alpha value is -1.55. The average Bonchev–Trinajstić information content (AvgIpc) is 3.15. The molecule has 1 fully saturated rings. The quantitative estimate of drug-likeness (QED) is 0.919. The van der Waals surface area contributed by atoms with Crippen molar-refractivity contribution in [3.63, 3.8) is 0 Å². The number of hydrogen-bond donors (Lipinski definition) is 1. The summed E-state index contributed by atoms with van der Waals surface area (Å²) in [5.74, 6) is -0.000168. The van der Waals surface area contributed by atoms with Crippen LogP contribution in [0.2, 0.25) is 0 Å². The molecule has 0 unspecified atom stereocenters. The van der Waals surface area contributed by atoms with Gasteiger partial charge in [-0.1, -0.05) is 28.1 Å². The predicted molar refractivity (Wildman–Crippen MR) is 78.0 cm³/mol. The van der Waals surface area contributed by atoms with E-state index in [9.17, 15) is 4.79 Å². The highest BCUT2D eigenvalue weighted by Gasteiger charge is 2.26. The summed E-state index contributed by atoms with van der Waals surface area (Å²) in [6, 6.07) is 12.3. The molecule has 1 aromatic heterocycles. The molecule has 3 rings (SSSR count). The van der Waals surface area contributed by atoms with Crippen LogP contribution in [0.5, 0.6) is 0 Å². The molecule has 2 aromatic rings. The first-order valence-electron chi connectivity index (χ1n) is 6.43. The lowest BCUT2D eigenvalue weighted by atomic mass is 10.2. The maximum absolute atomic E-state index is 12.2. The molecule has 0 bridgehead atoms. The summed E-state index contributed by atoms with van der Waals surface area (Å²) < 4.78 is 3.13. The van der Waals surface area contributed by atoms with E-state index >= 15 is 0 Å². The van der Waals surface area contributed by atoms with Crippen molar-refractivity contribution in [1.29, 1.82) is 0 Å². The van der Waals surface area contributed by atoms with Crippen molar-refractivity contribution >= 4 is 21.8 Å². The molecular weight excluding hydrogens is 304 g/mol. The third-order valence-electron chi connectivity index (χ3n) is 3.32. The Morgan fingerprint density at radius 2 is 2.00 bits per heavy atom. The summed E-state index contributed by atoms with van der Waals surface area (Å²) in [5, 5.41) is 2.97. The Kier molecular flexibility index (Phi) is 3.42. The summed E-state index contributed by atoms with van der Waals surface area (Å²) in [5.41, 5.74) is 1.86. The van der Waals surface area contributed by atoms with Crippen LogP contribution in [0.1, 0.15) is 34.9 Å². The number of aromatic nitrogens is 1. The first-order chi connectivity index (χ1) is 9.24. The molecule has 0 saturated heterocycles. The van der Waals surface area contributed by atoms with Crippen LogP contribution < -0.4 is 5.32 Å². The number of rotatable bonds is 4. The van der Waals surface area contributed by atoms with Gasteiger partial charge in [-0.3, -0.25) is 4.79 Å². The van der Waals surface area contributed by atoms with E-state index in [4.69, 9.17) is 0 Å². The Morgan fingerprint density at radius 1 is 1.26 bits per heavy atom. The zero-order valence-electron chi connectivity index (χ0n) is 10.5. The van der Waals surface area contributed by atoms with Gasteiger partial charge in [-0.25, -0.2) is 0 Å². The van der Waals surface area contributed by atoms with E-state index < -0.39 is 0 Å². The van der Waals surface area contributed by atoms with Gasteiger partial charge in [-0.05, 0) is 42.7 Å². The van der Waals surface area contributed by atoms with Crippen LogP contribution in [0.4, 0.5) is 0 Å². The first-order valence-corrected chi connectivity index (χ1v) is 7.23. The minimum absolute atomic E-state index is 0.000168. The fraction of sp³-hybridized carbons (Fsp3) is 0.267. The van der Waals surface area contributed by atoms with Gasteiger partial charge in [0.05, 0.1) is 0 Å². The molecule has 1 saturated carbocycles. The molecule has 1 heterocycles. The molecular formula is C15H15BrN2O. The summed E-state index contributed by atoms with van der Waals surface area (Å²) in [4.78, 5) is 12.2. The van der Waals surface area contributed by atoms with Crippen molar-refractivity contribution in [2.24, 2.45) is 0 Å². The van der Waals surface area contributed by atoms with Crippen LogP contribution in [-0.2, 0) is 6.54 Å². The van der Waals surface area contributed by atoms with Gasteiger partial charge in [0.1, 0.15) is 5.69 Å². The number of nitrogens with one attached hydrogen (secondary N) is 1. The normalized spacial score (nSPS) is 14.4. The van der Waals surface area contributed by atoms with Crippen molar-refractivity contribution < 1.29 is 4.79 Å². The molecule has 1 amide bonds. The highest BCUT2D eigenvalue weighted by molar-refractivity contribution is 9.10. The number of benzene rings is 1. The van der Waals surface area contributed by atoms with Crippen molar-refractivity contribution in [2.75, 3.05) is 0 Å².